The number of rotatable bonds is 4. The van der Waals surface area contributed by atoms with Crippen molar-refractivity contribution in [2.45, 2.75) is 38.6 Å². The largest absolute Gasteiger partial charge is 0.396 e. The van der Waals surface area contributed by atoms with Gasteiger partial charge in [-0.2, -0.15) is 4.37 Å². The molecule has 0 amide bonds. The van der Waals surface area contributed by atoms with E-state index in [2.05, 4.69) is 14.3 Å². The van der Waals surface area contributed by atoms with Gasteiger partial charge in [0.05, 0.1) is 16.3 Å². The van der Waals surface area contributed by atoms with Crippen LogP contribution in [0.1, 0.15) is 30.7 Å². The number of piperidine rings is 1. The van der Waals surface area contributed by atoms with Crippen LogP contribution in [-0.4, -0.2) is 33.7 Å². The van der Waals surface area contributed by atoms with Crippen LogP contribution in [0.25, 0.3) is 11.3 Å². The summed E-state index contributed by atoms with van der Waals surface area (Å²) >= 11 is 3.08. The highest BCUT2D eigenvalue weighted by Gasteiger charge is 2.28. The fourth-order valence-corrected chi connectivity index (χ4v) is 4.45. The van der Waals surface area contributed by atoms with E-state index in [1.165, 1.54) is 24.4 Å². The minimum absolute atomic E-state index is 0.223. The third kappa shape index (κ3) is 2.90. The van der Waals surface area contributed by atoms with E-state index in [0.29, 0.717) is 11.9 Å². The summed E-state index contributed by atoms with van der Waals surface area (Å²) in [5.74, 6) is 0.564. The highest BCUT2D eigenvalue weighted by Crippen LogP contribution is 2.42. The van der Waals surface area contributed by atoms with Crippen molar-refractivity contribution in [3.63, 3.8) is 0 Å². The van der Waals surface area contributed by atoms with Gasteiger partial charge in [-0.3, -0.25) is 0 Å². The van der Waals surface area contributed by atoms with Gasteiger partial charge in [-0.15, -0.1) is 11.3 Å². The Morgan fingerprint density at radius 2 is 2.33 bits per heavy atom. The third-order valence-corrected chi connectivity index (χ3v) is 5.60. The first-order chi connectivity index (χ1) is 10.2. The van der Waals surface area contributed by atoms with Gasteiger partial charge in [-0.05, 0) is 44.1 Å². The molecule has 0 aliphatic carbocycles. The van der Waals surface area contributed by atoms with Gasteiger partial charge in [0, 0.05) is 24.6 Å². The summed E-state index contributed by atoms with van der Waals surface area (Å²) in [6.45, 7) is 3.22. The number of anilines is 2. The predicted octanol–water partition coefficient (Wildman–Crippen LogP) is 2.90. The van der Waals surface area contributed by atoms with Gasteiger partial charge < -0.3 is 15.7 Å². The number of aryl methyl sites for hydroxylation is 1. The SMILES string of the molecule is Cc1nc(-c2c(N)nsc2N2CCCCC2CCO)cs1. The summed E-state index contributed by atoms with van der Waals surface area (Å²) in [6.07, 6.45) is 4.32. The van der Waals surface area contributed by atoms with E-state index in [1.807, 2.05) is 12.3 Å². The number of hydrogen-bond acceptors (Lipinski definition) is 7. The van der Waals surface area contributed by atoms with Crippen molar-refractivity contribution >= 4 is 33.7 Å². The number of aliphatic hydroxyl groups excluding tert-OH is 1. The number of hydrogen-bond donors (Lipinski definition) is 2. The smallest absolute Gasteiger partial charge is 0.148 e. The van der Waals surface area contributed by atoms with Crippen LogP contribution in [0.5, 0.6) is 0 Å². The monoisotopic (exact) mass is 324 g/mol. The lowest BCUT2D eigenvalue weighted by atomic mass is 9.99. The molecule has 1 aliphatic heterocycles. The van der Waals surface area contributed by atoms with Crippen molar-refractivity contribution in [3.8, 4) is 11.3 Å². The van der Waals surface area contributed by atoms with Gasteiger partial charge in [-0.25, -0.2) is 4.98 Å². The first kappa shape index (κ1) is 14.7. The zero-order chi connectivity index (χ0) is 14.8. The highest BCUT2D eigenvalue weighted by atomic mass is 32.1. The first-order valence-electron chi connectivity index (χ1n) is 7.26. The fourth-order valence-electron chi connectivity index (χ4n) is 2.93. The second kappa shape index (κ2) is 6.29. The Morgan fingerprint density at radius 1 is 1.48 bits per heavy atom. The maximum atomic E-state index is 9.30. The lowest BCUT2D eigenvalue weighted by Crippen LogP contribution is -2.40. The molecule has 1 atom stereocenters. The number of nitrogens with two attached hydrogens (primary N) is 1. The van der Waals surface area contributed by atoms with E-state index in [0.717, 1.165) is 40.7 Å². The number of thiazole rings is 1. The number of nitrogens with zero attached hydrogens (tertiary/aromatic N) is 3. The quantitative estimate of drug-likeness (QED) is 0.904. The zero-order valence-corrected chi connectivity index (χ0v) is 13.7. The lowest BCUT2D eigenvalue weighted by molar-refractivity contribution is 0.263. The van der Waals surface area contributed by atoms with Crippen LogP contribution in [0, 0.1) is 6.92 Å². The van der Waals surface area contributed by atoms with Crippen molar-refractivity contribution < 1.29 is 5.11 Å². The van der Waals surface area contributed by atoms with E-state index in [-0.39, 0.29) is 6.61 Å². The number of nitrogen functional groups attached to an aromatic ring is 1. The molecule has 5 nitrogen and oxygen atoms in total. The lowest BCUT2D eigenvalue weighted by Gasteiger charge is -2.36. The van der Waals surface area contributed by atoms with E-state index in [4.69, 9.17) is 5.73 Å². The van der Waals surface area contributed by atoms with Gasteiger partial charge in [0.15, 0.2) is 0 Å². The normalized spacial score (nSPS) is 19.1. The predicted molar refractivity (Wildman–Crippen MR) is 89.1 cm³/mol. The van der Waals surface area contributed by atoms with Gasteiger partial charge in [0.25, 0.3) is 0 Å². The molecule has 0 radical (unpaired) electrons. The van der Waals surface area contributed by atoms with Crippen LogP contribution in [-0.2, 0) is 0 Å². The van der Waals surface area contributed by atoms with Crippen LogP contribution in [0.2, 0.25) is 0 Å². The minimum atomic E-state index is 0.223. The van der Waals surface area contributed by atoms with Crippen LogP contribution >= 0.6 is 22.9 Å². The molecule has 2 aromatic heterocycles. The second-order valence-corrected chi connectivity index (χ2v) is 7.17. The molecule has 0 spiro atoms. The molecule has 21 heavy (non-hydrogen) atoms. The minimum Gasteiger partial charge on any atom is -0.396 e. The summed E-state index contributed by atoms with van der Waals surface area (Å²) in [5.41, 5.74) is 7.99. The Hall–Kier alpha value is -1.18. The third-order valence-electron chi connectivity index (χ3n) is 3.93. The molecule has 0 saturated carbocycles. The Kier molecular flexibility index (Phi) is 4.42. The fraction of sp³-hybridized carbons (Fsp3) is 0.571. The Morgan fingerprint density at radius 3 is 3.05 bits per heavy atom. The molecule has 1 aliphatic rings. The van der Waals surface area contributed by atoms with Crippen LogP contribution in [0.4, 0.5) is 10.8 Å². The van der Waals surface area contributed by atoms with E-state index >= 15 is 0 Å². The number of aromatic nitrogens is 2. The summed E-state index contributed by atoms with van der Waals surface area (Å²) in [6, 6.07) is 0.377. The molecular weight excluding hydrogens is 304 g/mol. The topological polar surface area (TPSA) is 75.3 Å². The Bertz CT molecular complexity index is 608. The summed E-state index contributed by atoms with van der Waals surface area (Å²) in [7, 11) is 0. The summed E-state index contributed by atoms with van der Waals surface area (Å²) < 4.78 is 4.35. The van der Waals surface area contributed by atoms with Gasteiger partial charge >= 0.3 is 0 Å². The van der Waals surface area contributed by atoms with E-state index < -0.39 is 0 Å². The standard InChI is InChI=1S/C14H20N4OS2/c1-9-16-11(8-20-9)12-13(15)17-21-14(12)18-6-3-2-4-10(18)5-7-19/h8,10,19H,2-7H2,1H3,(H2,15,17). The van der Waals surface area contributed by atoms with Crippen LogP contribution in [0.15, 0.2) is 5.38 Å². The van der Waals surface area contributed by atoms with Gasteiger partial charge in [0.1, 0.15) is 10.8 Å². The molecule has 3 heterocycles. The van der Waals surface area contributed by atoms with Crippen LogP contribution in [0.3, 0.4) is 0 Å². The van der Waals surface area contributed by atoms with Gasteiger partial charge in [0.2, 0.25) is 0 Å². The van der Waals surface area contributed by atoms with E-state index in [1.54, 1.807) is 11.3 Å². The molecule has 3 N–H and O–H groups in total. The molecule has 2 aromatic rings. The maximum absolute atomic E-state index is 9.30. The van der Waals surface area contributed by atoms with Crippen molar-refractivity contribution in [2.24, 2.45) is 0 Å². The molecule has 1 unspecified atom stereocenters. The molecule has 1 fully saturated rings. The molecule has 0 bridgehead atoms. The average Bonchev–Trinajstić information content (AvgIpc) is 3.06. The maximum Gasteiger partial charge on any atom is 0.148 e. The van der Waals surface area contributed by atoms with Crippen molar-refractivity contribution in [2.75, 3.05) is 23.8 Å². The summed E-state index contributed by atoms with van der Waals surface area (Å²) in [5, 5.41) is 13.5. The van der Waals surface area contributed by atoms with E-state index in [9.17, 15) is 5.11 Å². The summed E-state index contributed by atoms with van der Waals surface area (Å²) in [4.78, 5) is 6.94. The Balaban J connectivity index is 1.98. The van der Waals surface area contributed by atoms with Crippen LogP contribution < -0.4 is 10.6 Å². The first-order valence-corrected chi connectivity index (χ1v) is 8.91. The second-order valence-electron chi connectivity index (χ2n) is 5.36. The molecule has 1 saturated heterocycles. The molecular formula is C14H20N4OS2. The molecule has 3 rings (SSSR count). The Labute approximate surface area is 132 Å². The van der Waals surface area contributed by atoms with Gasteiger partial charge in [-0.1, -0.05) is 0 Å². The zero-order valence-electron chi connectivity index (χ0n) is 12.1. The highest BCUT2D eigenvalue weighted by molar-refractivity contribution is 7.11. The average molecular weight is 324 g/mol. The van der Waals surface area contributed by atoms with Crippen molar-refractivity contribution in [1.29, 1.82) is 0 Å². The molecule has 7 heteroatoms. The van der Waals surface area contributed by atoms with Crippen molar-refractivity contribution in [1.82, 2.24) is 9.36 Å². The van der Waals surface area contributed by atoms with Crippen molar-refractivity contribution in [3.05, 3.63) is 10.4 Å². The molecule has 114 valence electrons. The number of aliphatic hydroxyl groups is 1. The molecule has 0 aromatic carbocycles.